The average molecular weight is 635 g/mol. The number of benzene rings is 2. The fourth-order valence-corrected chi connectivity index (χ4v) is 8.68. The van der Waals surface area contributed by atoms with E-state index in [1.807, 2.05) is 13.0 Å². The lowest BCUT2D eigenvalue weighted by molar-refractivity contribution is -0.138. The Morgan fingerprint density at radius 3 is 2.24 bits per heavy atom. The zero-order valence-electron chi connectivity index (χ0n) is 27.2. The highest BCUT2D eigenvalue weighted by Crippen LogP contribution is 2.39. The topological polar surface area (TPSA) is 73.1 Å². The average Bonchev–Trinajstić information content (AvgIpc) is 3.51. The molecule has 0 saturated carbocycles. The van der Waals surface area contributed by atoms with E-state index in [9.17, 15) is 4.79 Å². The molecule has 6 heterocycles. The number of piperazine rings is 1. The highest BCUT2D eigenvalue weighted by Gasteiger charge is 2.37. The molecule has 0 aliphatic carbocycles. The standard InChI is InChI=1S/C36H42N8OS/c1-23-25(3)46-36-32(23)33(37-24(2)34-39-38-26(4)44(34)36)28-10-12-31(13-11-28)42-19-27(20-42)18-40-14-16-41(17-15-40)35(45)29-21-43(22-29)30-8-6-5-7-9-30/h5-13,24,27,29H,14-22H2,1-4H3/t24-/m0/s1. The van der Waals surface area contributed by atoms with Crippen LogP contribution < -0.4 is 9.80 Å². The van der Waals surface area contributed by atoms with E-state index in [1.54, 1.807) is 11.3 Å². The monoisotopic (exact) mass is 634 g/mol. The Kier molecular flexibility index (Phi) is 7.44. The van der Waals surface area contributed by atoms with Crippen LogP contribution in [0.15, 0.2) is 59.6 Å². The first-order valence-corrected chi connectivity index (χ1v) is 17.4. The summed E-state index contributed by atoms with van der Waals surface area (Å²) < 4.78 is 2.20. The van der Waals surface area contributed by atoms with Crippen molar-refractivity contribution >= 4 is 34.3 Å². The van der Waals surface area contributed by atoms with Crippen molar-refractivity contribution < 1.29 is 4.79 Å². The first-order chi connectivity index (χ1) is 22.3. The Morgan fingerprint density at radius 2 is 1.52 bits per heavy atom. The fourth-order valence-electron chi connectivity index (χ4n) is 7.47. The molecule has 0 N–H and O–H groups in total. The molecule has 0 radical (unpaired) electrons. The summed E-state index contributed by atoms with van der Waals surface area (Å²) in [6.07, 6.45) is 0. The molecule has 1 amide bonds. The fraction of sp³-hybridized carbons (Fsp3) is 0.444. The third-order valence-corrected chi connectivity index (χ3v) is 11.6. The molecule has 0 spiro atoms. The Morgan fingerprint density at radius 1 is 0.848 bits per heavy atom. The maximum absolute atomic E-state index is 13.1. The Balaban J connectivity index is 0.847. The van der Waals surface area contributed by atoms with E-state index in [4.69, 9.17) is 4.99 Å². The summed E-state index contributed by atoms with van der Waals surface area (Å²) in [4.78, 5) is 29.1. The number of rotatable bonds is 6. The van der Waals surface area contributed by atoms with Crippen LogP contribution in [0.5, 0.6) is 0 Å². The molecule has 0 unspecified atom stereocenters. The number of anilines is 2. The van der Waals surface area contributed by atoms with Crippen LogP contribution in [-0.4, -0.2) is 95.1 Å². The molecule has 9 nitrogen and oxygen atoms in total. The molecule has 0 bridgehead atoms. The number of aliphatic imine (C=N–C) groups is 1. The zero-order valence-corrected chi connectivity index (χ0v) is 28.0. The van der Waals surface area contributed by atoms with Gasteiger partial charge in [0.05, 0.1) is 11.6 Å². The molecule has 4 aliphatic heterocycles. The first-order valence-electron chi connectivity index (χ1n) is 16.6. The van der Waals surface area contributed by atoms with Crippen molar-refractivity contribution in [2.24, 2.45) is 16.8 Å². The number of para-hydroxylation sites is 1. The number of aromatic nitrogens is 3. The summed E-state index contributed by atoms with van der Waals surface area (Å²) in [7, 11) is 0. The highest BCUT2D eigenvalue weighted by molar-refractivity contribution is 7.15. The van der Waals surface area contributed by atoms with Crippen LogP contribution in [0.3, 0.4) is 0 Å². The molecule has 3 fully saturated rings. The van der Waals surface area contributed by atoms with E-state index < -0.39 is 0 Å². The van der Waals surface area contributed by atoms with E-state index in [0.29, 0.717) is 11.8 Å². The molecule has 8 rings (SSSR count). The van der Waals surface area contributed by atoms with Gasteiger partial charge >= 0.3 is 0 Å². The van der Waals surface area contributed by atoms with Gasteiger partial charge in [-0.15, -0.1) is 21.5 Å². The van der Waals surface area contributed by atoms with Crippen molar-refractivity contribution in [2.75, 3.05) is 68.7 Å². The second kappa shape index (κ2) is 11.7. The summed E-state index contributed by atoms with van der Waals surface area (Å²) >= 11 is 1.80. The zero-order chi connectivity index (χ0) is 31.5. The smallest absolute Gasteiger partial charge is 0.229 e. The number of amides is 1. The van der Waals surface area contributed by atoms with Crippen molar-refractivity contribution in [3.05, 3.63) is 87.8 Å². The highest BCUT2D eigenvalue weighted by atomic mass is 32.1. The molecule has 4 aromatic rings. The number of hydrogen-bond donors (Lipinski definition) is 0. The van der Waals surface area contributed by atoms with Gasteiger partial charge in [-0.05, 0) is 57.5 Å². The lowest BCUT2D eigenvalue weighted by Gasteiger charge is -2.46. The minimum atomic E-state index is -0.0745. The van der Waals surface area contributed by atoms with E-state index in [1.165, 1.54) is 32.4 Å². The van der Waals surface area contributed by atoms with Crippen molar-refractivity contribution in [3.63, 3.8) is 0 Å². The molecule has 2 aromatic heterocycles. The van der Waals surface area contributed by atoms with E-state index in [2.05, 4.69) is 104 Å². The number of thiophene rings is 1. The van der Waals surface area contributed by atoms with Crippen molar-refractivity contribution in [1.29, 1.82) is 0 Å². The van der Waals surface area contributed by atoms with E-state index in [-0.39, 0.29) is 12.0 Å². The van der Waals surface area contributed by atoms with Gasteiger partial charge in [0.25, 0.3) is 0 Å². The van der Waals surface area contributed by atoms with Gasteiger partial charge < -0.3 is 14.7 Å². The van der Waals surface area contributed by atoms with E-state index >= 15 is 0 Å². The number of fused-ring (bicyclic) bond motifs is 3. The third-order valence-electron chi connectivity index (χ3n) is 10.4. The van der Waals surface area contributed by atoms with Gasteiger partial charge in [0.15, 0.2) is 5.82 Å². The molecule has 1 atom stereocenters. The number of carbonyl (C=O) groups excluding carboxylic acids is 1. The van der Waals surface area contributed by atoms with Gasteiger partial charge in [-0.2, -0.15) is 0 Å². The van der Waals surface area contributed by atoms with Gasteiger partial charge in [-0.3, -0.25) is 19.3 Å². The number of carbonyl (C=O) groups is 1. The van der Waals surface area contributed by atoms with Gasteiger partial charge in [-0.25, -0.2) is 0 Å². The first kappa shape index (κ1) is 29.4. The molecule has 238 valence electrons. The Labute approximate surface area is 275 Å². The number of nitrogens with zero attached hydrogens (tertiary/aromatic N) is 8. The largest absolute Gasteiger partial charge is 0.371 e. The third kappa shape index (κ3) is 5.11. The molecule has 2 aromatic carbocycles. The predicted molar refractivity (Wildman–Crippen MR) is 185 cm³/mol. The lowest BCUT2D eigenvalue weighted by Crippen LogP contribution is -2.59. The van der Waals surface area contributed by atoms with Crippen LogP contribution in [-0.2, 0) is 4.79 Å². The van der Waals surface area contributed by atoms with Crippen LogP contribution in [0, 0.1) is 32.6 Å². The van der Waals surface area contributed by atoms with Gasteiger partial charge in [0, 0.05) is 92.2 Å². The van der Waals surface area contributed by atoms with Crippen molar-refractivity contribution in [3.8, 4) is 5.00 Å². The van der Waals surface area contributed by atoms with Crippen LogP contribution in [0.1, 0.15) is 46.2 Å². The molecule has 3 saturated heterocycles. The lowest BCUT2D eigenvalue weighted by atomic mass is 9.96. The minimum absolute atomic E-state index is 0.0745. The number of hydrogen-bond acceptors (Lipinski definition) is 8. The van der Waals surface area contributed by atoms with Crippen LogP contribution >= 0.6 is 11.3 Å². The summed E-state index contributed by atoms with van der Waals surface area (Å²) in [5.41, 5.74) is 7.17. The normalized spacial score (nSPS) is 20.5. The number of aryl methyl sites for hydroxylation is 2. The van der Waals surface area contributed by atoms with E-state index in [0.717, 1.165) is 81.8 Å². The van der Waals surface area contributed by atoms with Crippen molar-refractivity contribution in [1.82, 2.24) is 24.6 Å². The quantitative estimate of drug-likeness (QED) is 0.301. The van der Waals surface area contributed by atoms with Gasteiger partial charge in [0.1, 0.15) is 16.9 Å². The van der Waals surface area contributed by atoms with Crippen LogP contribution in [0.2, 0.25) is 0 Å². The maximum Gasteiger partial charge on any atom is 0.229 e. The van der Waals surface area contributed by atoms with Crippen molar-refractivity contribution in [2.45, 2.75) is 33.7 Å². The SMILES string of the molecule is Cc1sc2c(c1C)C(c1ccc(N3CC(CN4CCN(C(=O)C5CN(c6ccccc6)C5)CC4)C3)cc1)=N[C@@H](C)c1nnc(C)n1-2. The van der Waals surface area contributed by atoms with Gasteiger partial charge in [0.2, 0.25) is 5.91 Å². The summed E-state index contributed by atoms with van der Waals surface area (Å²) in [5.74, 6) is 2.95. The van der Waals surface area contributed by atoms with Crippen LogP contribution in [0.25, 0.3) is 5.00 Å². The Bertz CT molecular complexity index is 1770. The molecule has 4 aliphatic rings. The summed E-state index contributed by atoms with van der Waals surface area (Å²) in [6.45, 7) is 17.1. The second-order valence-corrected chi connectivity index (χ2v) is 14.6. The van der Waals surface area contributed by atoms with Gasteiger partial charge in [-0.1, -0.05) is 30.3 Å². The minimum Gasteiger partial charge on any atom is -0.371 e. The molecular formula is C36H42N8OS. The van der Waals surface area contributed by atoms with Crippen LogP contribution in [0.4, 0.5) is 11.4 Å². The Hall–Kier alpha value is -4.02. The summed E-state index contributed by atoms with van der Waals surface area (Å²) in [6, 6.07) is 19.3. The summed E-state index contributed by atoms with van der Waals surface area (Å²) in [5, 5.41) is 10.0. The second-order valence-electron chi connectivity index (χ2n) is 13.4. The molecule has 10 heteroatoms. The molecular weight excluding hydrogens is 593 g/mol. The predicted octanol–water partition coefficient (Wildman–Crippen LogP) is 4.88. The molecule has 46 heavy (non-hydrogen) atoms. The maximum atomic E-state index is 13.1.